The van der Waals surface area contributed by atoms with Gasteiger partial charge in [-0.1, -0.05) is 45.5 Å². The number of rotatable bonds is 5. The zero-order valence-electron chi connectivity index (χ0n) is 19.4. The van der Waals surface area contributed by atoms with Crippen LogP contribution in [0.1, 0.15) is 18.1 Å². The Hall–Kier alpha value is -3.89. The first-order valence-corrected chi connectivity index (χ1v) is 13.1. The van der Waals surface area contributed by atoms with Crippen LogP contribution < -0.4 is 19.7 Å². The van der Waals surface area contributed by atoms with E-state index in [2.05, 4.69) is 26.0 Å². The van der Waals surface area contributed by atoms with Gasteiger partial charge in [-0.05, 0) is 55.5 Å². The maximum atomic E-state index is 14.4. The van der Waals surface area contributed by atoms with Crippen molar-refractivity contribution in [3.05, 3.63) is 103 Å². The standard InChI is InChI=1S/C27H18BrFN4O3S/c1-2-36-18-10-7-15(8-11-18)24-30-27-33(31-24)26(35)23(37-27)22-19-13-17(28)9-12-21(19)32(25(22)34)14-16-5-3-4-6-20(16)29/h3-13H,2,14H2,1H3/b23-22-. The number of carbonyl (C=O) groups excluding carboxylic acids is 1. The highest BCUT2D eigenvalue weighted by Crippen LogP contribution is 2.38. The Labute approximate surface area is 222 Å². The fourth-order valence-electron chi connectivity index (χ4n) is 4.35. The number of ether oxygens (including phenoxy) is 1. The van der Waals surface area contributed by atoms with Crippen molar-refractivity contribution < 1.29 is 13.9 Å². The monoisotopic (exact) mass is 576 g/mol. The topological polar surface area (TPSA) is 76.8 Å². The van der Waals surface area contributed by atoms with Gasteiger partial charge in [0.05, 0.1) is 24.4 Å². The average Bonchev–Trinajstić information content (AvgIpc) is 3.52. The largest absolute Gasteiger partial charge is 0.494 e. The van der Waals surface area contributed by atoms with E-state index in [1.165, 1.54) is 15.5 Å². The molecular formula is C27H18BrFN4O3S. The Morgan fingerprint density at radius 2 is 1.84 bits per heavy atom. The second-order valence-corrected chi connectivity index (χ2v) is 10.2. The summed E-state index contributed by atoms with van der Waals surface area (Å²) in [5.74, 6) is 0.377. The van der Waals surface area contributed by atoms with Crippen molar-refractivity contribution in [2.24, 2.45) is 0 Å². The third kappa shape index (κ3) is 4.02. The highest BCUT2D eigenvalue weighted by molar-refractivity contribution is 9.10. The van der Waals surface area contributed by atoms with Crippen LogP contribution in [0.25, 0.3) is 21.9 Å². The number of hydrogen-bond acceptors (Lipinski definition) is 6. The van der Waals surface area contributed by atoms with Crippen LogP contribution in [0.2, 0.25) is 0 Å². The molecule has 0 aliphatic carbocycles. The summed E-state index contributed by atoms with van der Waals surface area (Å²) in [7, 11) is 0. The van der Waals surface area contributed by atoms with Crippen molar-refractivity contribution in [2.75, 3.05) is 11.5 Å². The molecule has 3 heterocycles. The Balaban J connectivity index is 1.46. The van der Waals surface area contributed by atoms with Crippen LogP contribution in [0.3, 0.4) is 0 Å². The smallest absolute Gasteiger partial charge is 0.291 e. The summed E-state index contributed by atoms with van der Waals surface area (Å²) in [6, 6.07) is 19.0. The molecule has 1 aliphatic rings. The summed E-state index contributed by atoms with van der Waals surface area (Å²) in [6.45, 7) is 2.52. The minimum atomic E-state index is -0.424. The van der Waals surface area contributed by atoms with Gasteiger partial charge in [-0.3, -0.25) is 9.59 Å². The molecule has 0 atom stereocenters. The molecule has 37 heavy (non-hydrogen) atoms. The predicted octanol–water partition coefficient (Wildman–Crippen LogP) is 4.58. The molecule has 0 spiro atoms. The molecule has 0 saturated carbocycles. The van der Waals surface area contributed by atoms with Crippen molar-refractivity contribution in [3.63, 3.8) is 0 Å². The molecule has 5 aromatic rings. The fourth-order valence-corrected chi connectivity index (χ4v) is 5.71. The SMILES string of the molecule is CCOc1ccc(-c2nc3s/c(=C4\C(=O)N(Cc5ccccc5F)c5ccc(Br)cc54)c(=O)n3n2)cc1. The molecule has 7 nitrogen and oxygen atoms in total. The molecule has 10 heteroatoms. The summed E-state index contributed by atoms with van der Waals surface area (Å²) in [6.07, 6.45) is 0. The number of amides is 1. The molecule has 0 saturated heterocycles. The predicted molar refractivity (Wildman–Crippen MR) is 143 cm³/mol. The van der Waals surface area contributed by atoms with E-state index < -0.39 is 11.4 Å². The van der Waals surface area contributed by atoms with Crippen LogP contribution in [0.15, 0.2) is 76.0 Å². The molecule has 2 aromatic heterocycles. The van der Waals surface area contributed by atoms with Crippen LogP contribution in [-0.4, -0.2) is 27.1 Å². The van der Waals surface area contributed by atoms with Gasteiger partial charge in [0.15, 0.2) is 5.82 Å². The maximum Gasteiger partial charge on any atom is 0.291 e. The Morgan fingerprint density at radius 1 is 1.05 bits per heavy atom. The molecule has 0 bridgehead atoms. The summed E-state index contributed by atoms with van der Waals surface area (Å²) in [4.78, 5) is 33.5. The lowest BCUT2D eigenvalue weighted by Gasteiger charge is -2.17. The van der Waals surface area contributed by atoms with Crippen LogP contribution in [0.5, 0.6) is 5.75 Å². The van der Waals surface area contributed by atoms with E-state index in [1.807, 2.05) is 37.3 Å². The second kappa shape index (κ2) is 9.20. The molecule has 3 aromatic carbocycles. The van der Waals surface area contributed by atoms with Gasteiger partial charge in [0, 0.05) is 21.2 Å². The van der Waals surface area contributed by atoms with Gasteiger partial charge in [-0.2, -0.15) is 9.50 Å². The van der Waals surface area contributed by atoms with Gasteiger partial charge < -0.3 is 9.64 Å². The minimum Gasteiger partial charge on any atom is -0.494 e. The average molecular weight is 577 g/mol. The van der Waals surface area contributed by atoms with Crippen molar-refractivity contribution in [1.82, 2.24) is 14.6 Å². The van der Waals surface area contributed by atoms with Gasteiger partial charge in [-0.25, -0.2) is 4.39 Å². The molecule has 0 fully saturated rings. The third-order valence-corrected chi connectivity index (χ3v) is 7.59. The summed E-state index contributed by atoms with van der Waals surface area (Å²) in [5.41, 5.74) is 2.18. The van der Waals surface area contributed by atoms with Gasteiger partial charge in [0.2, 0.25) is 4.96 Å². The summed E-state index contributed by atoms with van der Waals surface area (Å²) in [5, 5.41) is 4.41. The molecule has 1 aliphatic heterocycles. The Bertz CT molecular complexity index is 1800. The quantitative estimate of drug-likeness (QED) is 0.306. The fraction of sp³-hybridized carbons (Fsp3) is 0.111. The van der Waals surface area contributed by atoms with Crippen LogP contribution in [0.4, 0.5) is 10.1 Å². The number of nitrogens with zero attached hydrogens (tertiary/aromatic N) is 4. The highest BCUT2D eigenvalue weighted by Gasteiger charge is 2.35. The molecule has 0 N–H and O–H groups in total. The van der Waals surface area contributed by atoms with Gasteiger partial charge >= 0.3 is 0 Å². The van der Waals surface area contributed by atoms with Crippen LogP contribution >= 0.6 is 27.3 Å². The summed E-state index contributed by atoms with van der Waals surface area (Å²) >= 11 is 4.57. The molecule has 1 amide bonds. The molecule has 0 radical (unpaired) electrons. The van der Waals surface area contributed by atoms with Crippen LogP contribution in [0, 0.1) is 5.82 Å². The maximum absolute atomic E-state index is 14.4. The lowest BCUT2D eigenvalue weighted by Crippen LogP contribution is -2.32. The first-order valence-electron chi connectivity index (χ1n) is 11.5. The number of carbonyl (C=O) groups is 1. The summed E-state index contributed by atoms with van der Waals surface area (Å²) < 4.78 is 22.1. The van der Waals surface area contributed by atoms with Gasteiger partial charge in [-0.15, -0.1) is 5.10 Å². The normalized spacial score (nSPS) is 14.5. The molecule has 184 valence electrons. The van der Waals surface area contributed by atoms with Crippen molar-refractivity contribution >= 4 is 49.4 Å². The first-order chi connectivity index (χ1) is 17.9. The number of halogens is 2. The Kier molecular flexibility index (Phi) is 5.85. The van der Waals surface area contributed by atoms with E-state index in [4.69, 9.17) is 4.74 Å². The van der Waals surface area contributed by atoms with E-state index in [1.54, 1.807) is 30.3 Å². The number of fused-ring (bicyclic) bond motifs is 2. The highest BCUT2D eigenvalue weighted by atomic mass is 79.9. The minimum absolute atomic E-state index is 0.0421. The molecular weight excluding hydrogens is 559 g/mol. The lowest BCUT2D eigenvalue weighted by atomic mass is 10.1. The van der Waals surface area contributed by atoms with Crippen molar-refractivity contribution in [2.45, 2.75) is 13.5 Å². The number of thiazole rings is 1. The molecule has 6 rings (SSSR count). The lowest BCUT2D eigenvalue weighted by molar-refractivity contribution is -0.113. The van der Waals surface area contributed by atoms with Crippen molar-refractivity contribution in [1.29, 1.82) is 0 Å². The van der Waals surface area contributed by atoms with Gasteiger partial charge in [0.25, 0.3) is 11.5 Å². The van der Waals surface area contributed by atoms with E-state index in [0.717, 1.165) is 27.1 Å². The van der Waals surface area contributed by atoms with Crippen molar-refractivity contribution in [3.8, 4) is 17.1 Å². The van der Waals surface area contributed by atoms with E-state index in [9.17, 15) is 14.0 Å². The number of aromatic nitrogens is 3. The number of hydrogen-bond donors (Lipinski definition) is 0. The zero-order chi connectivity index (χ0) is 25.7. The zero-order valence-corrected chi connectivity index (χ0v) is 21.8. The third-order valence-electron chi connectivity index (χ3n) is 6.07. The van der Waals surface area contributed by atoms with Crippen LogP contribution in [-0.2, 0) is 11.3 Å². The molecule has 0 unspecified atom stereocenters. The second-order valence-electron chi connectivity index (χ2n) is 8.34. The van der Waals surface area contributed by atoms with E-state index in [0.29, 0.717) is 34.2 Å². The number of benzene rings is 3. The van der Waals surface area contributed by atoms with E-state index in [-0.39, 0.29) is 22.6 Å². The number of anilines is 1. The first kappa shape index (κ1) is 23.5. The van der Waals surface area contributed by atoms with Gasteiger partial charge in [0.1, 0.15) is 16.1 Å². The van der Waals surface area contributed by atoms with E-state index >= 15 is 0 Å². The Morgan fingerprint density at radius 3 is 2.57 bits per heavy atom.